The second kappa shape index (κ2) is 8.05. The van der Waals surface area contributed by atoms with Crippen molar-refractivity contribution in [1.82, 2.24) is 24.5 Å². The molecule has 9 nitrogen and oxygen atoms in total. The third-order valence-electron chi connectivity index (χ3n) is 5.20. The van der Waals surface area contributed by atoms with E-state index < -0.39 is 11.3 Å². The van der Waals surface area contributed by atoms with Gasteiger partial charge in [0.25, 0.3) is 0 Å². The summed E-state index contributed by atoms with van der Waals surface area (Å²) in [5.41, 5.74) is 1.79. The van der Waals surface area contributed by atoms with Gasteiger partial charge in [-0.2, -0.15) is 9.40 Å². The number of aromatic nitrogens is 4. The minimum atomic E-state index is -1.96. The zero-order valence-corrected chi connectivity index (χ0v) is 17.4. The van der Waals surface area contributed by atoms with Crippen molar-refractivity contribution < 1.29 is 8.76 Å². The van der Waals surface area contributed by atoms with Gasteiger partial charge in [-0.3, -0.25) is 14.6 Å². The van der Waals surface area contributed by atoms with Gasteiger partial charge >= 0.3 is 0 Å². The molecule has 2 unspecified atom stereocenters. The van der Waals surface area contributed by atoms with Crippen LogP contribution in [0.4, 0.5) is 17.5 Å². The first-order chi connectivity index (χ1) is 13.9. The lowest BCUT2D eigenvalue weighted by molar-refractivity contribution is 0.190. The molecule has 0 radical (unpaired) electrons. The highest BCUT2D eigenvalue weighted by Gasteiger charge is 2.34. The number of anilines is 3. The van der Waals surface area contributed by atoms with Crippen LogP contribution in [0.1, 0.15) is 32.4 Å². The number of aromatic amines is 1. The van der Waals surface area contributed by atoms with E-state index in [9.17, 15) is 8.76 Å². The Morgan fingerprint density at radius 2 is 2.00 bits per heavy atom. The van der Waals surface area contributed by atoms with E-state index in [0.717, 1.165) is 35.3 Å². The third kappa shape index (κ3) is 4.24. The van der Waals surface area contributed by atoms with Crippen LogP contribution >= 0.6 is 0 Å². The van der Waals surface area contributed by atoms with Crippen molar-refractivity contribution in [3.63, 3.8) is 0 Å². The van der Waals surface area contributed by atoms with E-state index in [4.69, 9.17) is 4.98 Å². The Labute approximate surface area is 171 Å². The number of rotatable bonds is 5. The Hall–Kier alpha value is -2.56. The van der Waals surface area contributed by atoms with Crippen LogP contribution in [0.15, 0.2) is 30.5 Å². The standard InChI is InChI=1S/C19H25N7O2S/c1-11-7-18(25-24-11)22-17-10-16-15(5-4-6-20-16)19(23-17)21-14-8-12(2)26(29(27)28)13(3)9-14/h4-7,10,12-14H,8-9H2,1-3H3,(H,27,28)(H3,21,22,23,24,25)/t12-,13+,14?. The molecule has 4 rings (SSSR count). The second-order valence-electron chi connectivity index (χ2n) is 7.59. The summed E-state index contributed by atoms with van der Waals surface area (Å²) < 4.78 is 22.8. The molecule has 1 aliphatic heterocycles. The van der Waals surface area contributed by atoms with Gasteiger partial charge in [0, 0.05) is 47.5 Å². The zero-order valence-electron chi connectivity index (χ0n) is 16.6. The zero-order chi connectivity index (χ0) is 20.5. The Morgan fingerprint density at radius 1 is 1.24 bits per heavy atom. The molecule has 10 heteroatoms. The van der Waals surface area contributed by atoms with Crippen molar-refractivity contribution in [3.05, 3.63) is 36.2 Å². The molecular formula is C19H25N7O2S. The largest absolute Gasteiger partial charge is 0.367 e. The molecule has 4 atom stereocenters. The number of H-pyrrole nitrogens is 1. The SMILES string of the molecule is Cc1cc(Nc2cc3ncccc3c(NC3C[C@@H](C)N(S(=O)O)[C@@H](C)C3)n2)n[nH]1. The van der Waals surface area contributed by atoms with E-state index >= 15 is 0 Å². The number of fused-ring (bicyclic) bond motifs is 1. The van der Waals surface area contributed by atoms with E-state index in [1.807, 2.05) is 45.0 Å². The Bertz CT molecular complexity index is 1030. The number of aryl methyl sites for hydroxylation is 1. The van der Waals surface area contributed by atoms with Gasteiger partial charge in [-0.25, -0.2) is 9.19 Å². The lowest BCUT2D eigenvalue weighted by atomic mass is 9.95. The van der Waals surface area contributed by atoms with Gasteiger partial charge in [-0.1, -0.05) is 0 Å². The molecule has 154 valence electrons. The summed E-state index contributed by atoms with van der Waals surface area (Å²) in [6.07, 6.45) is 3.25. The molecule has 1 saturated heterocycles. The fourth-order valence-electron chi connectivity index (χ4n) is 4.04. The molecule has 4 heterocycles. The third-order valence-corrected chi connectivity index (χ3v) is 6.28. The van der Waals surface area contributed by atoms with Gasteiger partial charge in [-0.15, -0.1) is 0 Å². The molecule has 0 aliphatic carbocycles. The minimum Gasteiger partial charge on any atom is -0.367 e. The minimum absolute atomic E-state index is 0.0141. The molecule has 1 aliphatic rings. The Balaban J connectivity index is 1.61. The summed E-state index contributed by atoms with van der Waals surface area (Å²) in [5.74, 6) is 2.09. The van der Waals surface area contributed by atoms with Gasteiger partial charge in [0.05, 0.1) is 5.52 Å². The molecular weight excluding hydrogens is 390 g/mol. The lowest BCUT2D eigenvalue weighted by Gasteiger charge is -2.40. The first kappa shape index (κ1) is 19.7. The normalized spacial score (nSPS) is 23.8. The number of hydrogen-bond donors (Lipinski definition) is 4. The van der Waals surface area contributed by atoms with Crippen molar-refractivity contribution in [3.8, 4) is 0 Å². The van der Waals surface area contributed by atoms with Crippen LogP contribution in [0.3, 0.4) is 0 Å². The number of pyridine rings is 2. The van der Waals surface area contributed by atoms with Crippen molar-refractivity contribution in [2.45, 2.75) is 51.7 Å². The van der Waals surface area contributed by atoms with Crippen molar-refractivity contribution in [2.75, 3.05) is 10.6 Å². The molecule has 0 amide bonds. The molecule has 3 aromatic rings. The summed E-state index contributed by atoms with van der Waals surface area (Å²) in [4.78, 5) is 9.24. The van der Waals surface area contributed by atoms with E-state index in [1.165, 1.54) is 0 Å². The molecule has 0 bridgehead atoms. The quantitative estimate of drug-likeness (QED) is 0.473. The van der Waals surface area contributed by atoms with Crippen molar-refractivity contribution in [2.24, 2.45) is 0 Å². The highest BCUT2D eigenvalue weighted by molar-refractivity contribution is 7.76. The molecule has 0 spiro atoms. The van der Waals surface area contributed by atoms with Gasteiger partial charge < -0.3 is 10.6 Å². The summed E-state index contributed by atoms with van der Waals surface area (Å²) in [6.45, 7) is 5.89. The predicted molar refractivity (Wildman–Crippen MR) is 114 cm³/mol. The molecule has 0 saturated carbocycles. The molecule has 4 N–H and O–H groups in total. The Morgan fingerprint density at radius 3 is 2.66 bits per heavy atom. The molecule has 3 aromatic heterocycles. The van der Waals surface area contributed by atoms with E-state index in [0.29, 0.717) is 11.6 Å². The summed E-state index contributed by atoms with van der Waals surface area (Å²) in [7, 11) is 0. The highest BCUT2D eigenvalue weighted by atomic mass is 32.2. The topological polar surface area (TPSA) is 119 Å². The van der Waals surface area contributed by atoms with Crippen LogP contribution in [0.5, 0.6) is 0 Å². The summed E-state index contributed by atoms with van der Waals surface area (Å²) in [6, 6.07) is 7.80. The monoisotopic (exact) mass is 415 g/mol. The first-order valence-electron chi connectivity index (χ1n) is 9.61. The maximum absolute atomic E-state index is 11.6. The van der Waals surface area contributed by atoms with Crippen LogP contribution in [-0.4, -0.2) is 51.4 Å². The number of piperidine rings is 1. The molecule has 0 aromatic carbocycles. The molecule has 1 fully saturated rings. The average molecular weight is 416 g/mol. The van der Waals surface area contributed by atoms with Crippen LogP contribution in [0.25, 0.3) is 10.9 Å². The van der Waals surface area contributed by atoms with Gasteiger partial charge in [0.15, 0.2) is 5.82 Å². The van der Waals surface area contributed by atoms with Gasteiger partial charge in [-0.05, 0) is 45.7 Å². The first-order valence-corrected chi connectivity index (χ1v) is 10.7. The lowest BCUT2D eigenvalue weighted by Crippen LogP contribution is -2.50. The van der Waals surface area contributed by atoms with Crippen molar-refractivity contribution in [1.29, 1.82) is 0 Å². The molecule has 29 heavy (non-hydrogen) atoms. The number of hydrogen-bond acceptors (Lipinski definition) is 6. The summed E-state index contributed by atoms with van der Waals surface area (Å²) >= 11 is -1.96. The predicted octanol–water partition coefficient (Wildman–Crippen LogP) is 3.19. The smallest absolute Gasteiger partial charge is 0.235 e. The second-order valence-corrected chi connectivity index (χ2v) is 8.47. The highest BCUT2D eigenvalue weighted by Crippen LogP contribution is 2.30. The average Bonchev–Trinajstić information content (AvgIpc) is 3.05. The van der Waals surface area contributed by atoms with Crippen LogP contribution < -0.4 is 10.6 Å². The van der Waals surface area contributed by atoms with E-state index in [1.54, 1.807) is 10.5 Å². The van der Waals surface area contributed by atoms with E-state index in [2.05, 4.69) is 25.8 Å². The van der Waals surface area contributed by atoms with Gasteiger partial charge in [0.2, 0.25) is 11.3 Å². The van der Waals surface area contributed by atoms with Gasteiger partial charge in [0.1, 0.15) is 11.6 Å². The maximum atomic E-state index is 11.6. The van der Waals surface area contributed by atoms with Crippen LogP contribution in [0, 0.1) is 6.92 Å². The maximum Gasteiger partial charge on any atom is 0.235 e. The number of nitrogens with zero attached hydrogens (tertiary/aromatic N) is 4. The Kier molecular flexibility index (Phi) is 5.48. The fourth-order valence-corrected chi connectivity index (χ4v) is 4.83. The number of nitrogens with one attached hydrogen (secondary N) is 3. The van der Waals surface area contributed by atoms with Crippen molar-refractivity contribution >= 4 is 39.6 Å². The van der Waals surface area contributed by atoms with Crippen LogP contribution in [-0.2, 0) is 11.3 Å². The fraction of sp³-hybridized carbons (Fsp3) is 0.421. The summed E-state index contributed by atoms with van der Waals surface area (Å²) in [5, 5.41) is 14.8. The van der Waals surface area contributed by atoms with E-state index in [-0.39, 0.29) is 18.1 Å². The van der Waals surface area contributed by atoms with Crippen LogP contribution in [0.2, 0.25) is 0 Å².